The second-order valence-corrected chi connectivity index (χ2v) is 6.98. The molecule has 6 heteroatoms. The number of nitrogens with one attached hydrogen (secondary N) is 2. The predicted octanol–water partition coefficient (Wildman–Crippen LogP) is 4.21. The number of nitrogens with zero attached hydrogens (tertiary/aromatic N) is 1. The monoisotopic (exact) mass is 385 g/mol. The van der Waals surface area contributed by atoms with Gasteiger partial charge < -0.3 is 15.4 Å². The molecular weight excluding hydrogens is 357 g/mol. The van der Waals surface area contributed by atoms with Crippen molar-refractivity contribution in [2.45, 2.75) is 32.7 Å². The number of halogens is 1. The van der Waals surface area contributed by atoms with Crippen molar-refractivity contribution < 1.29 is 13.9 Å². The molecule has 2 N–H and O–H groups in total. The van der Waals surface area contributed by atoms with E-state index >= 15 is 0 Å². The van der Waals surface area contributed by atoms with Gasteiger partial charge in [-0.15, -0.1) is 0 Å². The number of hydrogen-bond donors (Lipinski definition) is 2. The van der Waals surface area contributed by atoms with E-state index in [0.717, 1.165) is 42.0 Å². The third-order valence-electron chi connectivity index (χ3n) is 5.27. The molecule has 0 saturated carbocycles. The van der Waals surface area contributed by atoms with Crippen molar-refractivity contribution in [3.63, 3.8) is 0 Å². The molecule has 2 aromatic carbocycles. The highest BCUT2D eigenvalue weighted by Crippen LogP contribution is 2.38. The average molecular weight is 385 g/mol. The first kappa shape index (κ1) is 20.1. The summed E-state index contributed by atoms with van der Waals surface area (Å²) in [6.07, 6.45) is 1.49. The van der Waals surface area contributed by atoms with E-state index in [9.17, 15) is 9.18 Å². The molecule has 1 amide bonds. The van der Waals surface area contributed by atoms with E-state index in [-0.39, 0.29) is 23.5 Å². The molecule has 28 heavy (non-hydrogen) atoms. The largest absolute Gasteiger partial charge is 0.494 e. The summed E-state index contributed by atoms with van der Waals surface area (Å²) < 4.78 is 19.5. The molecule has 1 atom stereocenters. The zero-order chi connectivity index (χ0) is 20.1. The van der Waals surface area contributed by atoms with Crippen molar-refractivity contribution in [2.24, 2.45) is 0 Å². The summed E-state index contributed by atoms with van der Waals surface area (Å²) in [6, 6.07) is 11.3. The van der Waals surface area contributed by atoms with Crippen LogP contribution in [0.2, 0.25) is 0 Å². The van der Waals surface area contributed by atoms with Crippen molar-refractivity contribution >= 4 is 17.3 Å². The molecule has 0 saturated heterocycles. The number of fused-ring (bicyclic) bond motifs is 1. The Morgan fingerprint density at radius 3 is 2.68 bits per heavy atom. The molecule has 0 aromatic heterocycles. The Bertz CT molecular complexity index is 837. The Balaban J connectivity index is 1.68. The number of hydrogen-bond acceptors (Lipinski definition) is 4. The average Bonchev–Trinajstić information content (AvgIpc) is 3.10. The molecule has 0 bridgehead atoms. The molecule has 0 aliphatic heterocycles. The van der Waals surface area contributed by atoms with Crippen LogP contribution < -0.4 is 15.4 Å². The molecule has 0 spiro atoms. The van der Waals surface area contributed by atoms with Gasteiger partial charge in [0, 0.05) is 11.4 Å². The van der Waals surface area contributed by atoms with Crippen LogP contribution in [0, 0.1) is 5.82 Å². The Hall–Kier alpha value is -2.60. The summed E-state index contributed by atoms with van der Waals surface area (Å²) in [7, 11) is 1.48. The first-order valence-corrected chi connectivity index (χ1v) is 9.79. The van der Waals surface area contributed by atoms with Crippen LogP contribution in [0.3, 0.4) is 0 Å². The lowest BCUT2D eigenvalue weighted by Gasteiger charge is -2.19. The number of carbonyl (C=O) groups excluding carboxylic acids is 1. The Morgan fingerprint density at radius 2 is 1.96 bits per heavy atom. The normalized spacial score (nSPS) is 15.4. The fourth-order valence-corrected chi connectivity index (χ4v) is 3.69. The van der Waals surface area contributed by atoms with Crippen molar-refractivity contribution in [2.75, 3.05) is 37.4 Å². The fourth-order valence-electron chi connectivity index (χ4n) is 3.69. The van der Waals surface area contributed by atoms with Crippen LogP contribution in [0.5, 0.6) is 5.75 Å². The lowest BCUT2D eigenvalue weighted by Crippen LogP contribution is -2.32. The molecule has 1 unspecified atom stereocenters. The van der Waals surface area contributed by atoms with E-state index in [1.807, 2.05) is 44.2 Å². The van der Waals surface area contributed by atoms with Crippen molar-refractivity contribution in [3.05, 3.63) is 53.3 Å². The lowest BCUT2D eigenvalue weighted by atomic mass is 10.1. The van der Waals surface area contributed by atoms with Gasteiger partial charge in [0.25, 0.3) is 0 Å². The summed E-state index contributed by atoms with van der Waals surface area (Å²) in [4.78, 5) is 14.3. The number of ether oxygens (including phenoxy) is 1. The van der Waals surface area contributed by atoms with Crippen LogP contribution in [0.1, 0.15) is 37.4 Å². The zero-order valence-electron chi connectivity index (χ0n) is 16.7. The number of anilines is 2. The van der Waals surface area contributed by atoms with Crippen molar-refractivity contribution in [1.82, 2.24) is 4.90 Å². The molecule has 0 heterocycles. The van der Waals surface area contributed by atoms with E-state index in [0.29, 0.717) is 13.0 Å². The minimum absolute atomic E-state index is 0.0266. The van der Waals surface area contributed by atoms with Gasteiger partial charge in [0.1, 0.15) is 0 Å². The summed E-state index contributed by atoms with van der Waals surface area (Å²) in [5.74, 6) is 0.000238. The highest BCUT2D eigenvalue weighted by molar-refractivity contribution is 5.92. The highest BCUT2D eigenvalue weighted by Gasteiger charge is 2.27. The van der Waals surface area contributed by atoms with E-state index < -0.39 is 0 Å². The summed E-state index contributed by atoms with van der Waals surface area (Å²) in [5, 5.41) is 6.42. The Kier molecular flexibility index (Phi) is 6.52. The maximum atomic E-state index is 14.5. The fraction of sp³-hybridized carbons (Fsp3) is 0.409. The van der Waals surface area contributed by atoms with Gasteiger partial charge in [0.05, 0.1) is 19.7 Å². The third-order valence-corrected chi connectivity index (χ3v) is 5.27. The molecule has 1 aliphatic carbocycles. The van der Waals surface area contributed by atoms with E-state index in [4.69, 9.17) is 4.74 Å². The summed E-state index contributed by atoms with van der Waals surface area (Å²) in [6.45, 7) is 6.14. The van der Waals surface area contributed by atoms with Gasteiger partial charge >= 0.3 is 0 Å². The Morgan fingerprint density at radius 1 is 1.21 bits per heavy atom. The Labute approximate surface area is 165 Å². The predicted molar refractivity (Wildman–Crippen MR) is 110 cm³/mol. The van der Waals surface area contributed by atoms with Crippen LogP contribution in [0.15, 0.2) is 36.4 Å². The second kappa shape index (κ2) is 9.06. The van der Waals surface area contributed by atoms with Crippen molar-refractivity contribution in [1.29, 1.82) is 0 Å². The molecule has 0 radical (unpaired) electrons. The number of carbonyl (C=O) groups is 1. The number of benzene rings is 2. The van der Waals surface area contributed by atoms with Gasteiger partial charge in [0.2, 0.25) is 5.91 Å². The van der Waals surface area contributed by atoms with Gasteiger partial charge in [-0.25, -0.2) is 4.39 Å². The van der Waals surface area contributed by atoms with Gasteiger partial charge in [0.15, 0.2) is 11.6 Å². The highest BCUT2D eigenvalue weighted by atomic mass is 19.1. The molecule has 3 rings (SSSR count). The number of amides is 1. The van der Waals surface area contributed by atoms with Crippen LogP contribution in [-0.2, 0) is 11.2 Å². The van der Waals surface area contributed by atoms with Crippen molar-refractivity contribution in [3.8, 4) is 5.75 Å². The van der Waals surface area contributed by atoms with Gasteiger partial charge in [-0.1, -0.05) is 26.0 Å². The topological polar surface area (TPSA) is 53.6 Å². The molecule has 1 aliphatic rings. The van der Waals surface area contributed by atoms with Gasteiger partial charge in [-0.3, -0.25) is 9.69 Å². The smallest absolute Gasteiger partial charge is 0.238 e. The van der Waals surface area contributed by atoms with E-state index in [1.165, 1.54) is 7.11 Å². The standard InChI is InChI=1S/C22H28FN3O2/c1-4-26(5-2)14-21(27)25-16-8-6-7-15(13-16)24-19-11-9-18-17(19)10-12-20(28-3)22(18)23/h6-8,10,12-13,19,24H,4-5,9,11,14H2,1-3H3,(H,25,27). The van der Waals surface area contributed by atoms with Crippen LogP contribution in [0.25, 0.3) is 0 Å². The quantitative estimate of drug-likeness (QED) is 0.715. The molecule has 0 fully saturated rings. The van der Waals surface area contributed by atoms with Crippen LogP contribution in [-0.4, -0.2) is 37.6 Å². The second-order valence-electron chi connectivity index (χ2n) is 6.98. The maximum absolute atomic E-state index is 14.5. The minimum atomic E-state index is -0.262. The van der Waals surface area contributed by atoms with Gasteiger partial charge in [-0.2, -0.15) is 0 Å². The summed E-state index contributed by atoms with van der Waals surface area (Å²) in [5.41, 5.74) is 3.34. The van der Waals surface area contributed by atoms with E-state index in [2.05, 4.69) is 15.5 Å². The van der Waals surface area contributed by atoms with Crippen LogP contribution in [0.4, 0.5) is 15.8 Å². The lowest BCUT2D eigenvalue weighted by molar-refractivity contribution is -0.117. The van der Waals surface area contributed by atoms with Crippen LogP contribution >= 0.6 is 0 Å². The number of rotatable bonds is 8. The molecule has 150 valence electrons. The number of likely N-dealkylation sites (N-methyl/N-ethyl adjacent to an activating group) is 1. The zero-order valence-corrected chi connectivity index (χ0v) is 16.7. The molecule has 2 aromatic rings. The number of methoxy groups -OCH3 is 1. The first-order valence-electron chi connectivity index (χ1n) is 9.79. The first-order chi connectivity index (χ1) is 13.5. The summed E-state index contributed by atoms with van der Waals surface area (Å²) >= 11 is 0. The van der Waals surface area contributed by atoms with E-state index in [1.54, 1.807) is 6.07 Å². The maximum Gasteiger partial charge on any atom is 0.238 e. The third kappa shape index (κ3) is 4.44. The molecule has 5 nitrogen and oxygen atoms in total. The minimum Gasteiger partial charge on any atom is -0.494 e. The van der Waals surface area contributed by atoms with Gasteiger partial charge in [-0.05, 0) is 61.3 Å². The molecular formula is C22H28FN3O2. The SMILES string of the molecule is CCN(CC)CC(=O)Nc1cccc(NC2CCc3c2ccc(OC)c3F)c1.